The number of aliphatic hydroxyl groups is 9. The molecule has 3 fully saturated rings. The molecule has 58 heavy (non-hydrogen) atoms. The summed E-state index contributed by atoms with van der Waals surface area (Å²) < 4.78 is 46.4. The van der Waals surface area contributed by atoms with Crippen LogP contribution in [0.1, 0.15) is 33.3 Å². The van der Waals surface area contributed by atoms with Gasteiger partial charge in [0.25, 0.3) is 0 Å². The summed E-state index contributed by atoms with van der Waals surface area (Å²) in [4.78, 5) is 14.6. The first-order valence-electron chi connectivity index (χ1n) is 18.6. The Labute approximate surface area is 331 Å². The lowest BCUT2D eigenvalue weighted by molar-refractivity contribution is -0.345. The second-order valence-corrected chi connectivity index (χ2v) is 14.8. The molecule has 0 amide bonds. The second-order valence-electron chi connectivity index (χ2n) is 14.8. The van der Waals surface area contributed by atoms with Gasteiger partial charge in [-0.15, -0.1) is 0 Å². The lowest BCUT2D eigenvalue weighted by Gasteiger charge is -2.45. The van der Waals surface area contributed by atoms with Gasteiger partial charge in [0.1, 0.15) is 89.3 Å². The third-order valence-corrected chi connectivity index (χ3v) is 10.4. The molecule has 0 saturated carbocycles. The third-order valence-electron chi connectivity index (χ3n) is 10.4. The molecule has 320 valence electrons. The number of phenolic OH excluding ortho intramolecular Hbond substituents is 1. The highest BCUT2D eigenvalue weighted by atomic mass is 16.7. The van der Waals surface area contributed by atoms with Crippen LogP contribution < -0.4 is 19.6 Å². The van der Waals surface area contributed by atoms with E-state index in [1.807, 2.05) is 13.8 Å². The summed E-state index contributed by atoms with van der Waals surface area (Å²) in [6.45, 7) is 5.79. The number of methoxy groups -OCH3 is 1. The molecule has 19 nitrogen and oxygen atoms in total. The number of hydrogen-bond acceptors (Lipinski definition) is 19. The molecule has 3 aromatic rings. The summed E-state index contributed by atoms with van der Waals surface area (Å²) in [5.41, 5.74) is 0.116. The quantitative estimate of drug-likeness (QED) is 0.103. The van der Waals surface area contributed by atoms with Gasteiger partial charge >= 0.3 is 0 Å². The minimum absolute atomic E-state index is 0.0286. The number of ether oxygens (including phenoxy) is 7. The van der Waals surface area contributed by atoms with Crippen molar-refractivity contribution in [1.82, 2.24) is 0 Å². The maximum absolute atomic E-state index is 14.6. The van der Waals surface area contributed by atoms with Gasteiger partial charge < -0.3 is 88.6 Å². The van der Waals surface area contributed by atoms with Crippen LogP contribution in [0, 0.1) is 0 Å². The Kier molecular flexibility index (Phi) is 13.3. The van der Waals surface area contributed by atoms with E-state index >= 15 is 0 Å². The second kappa shape index (κ2) is 17.7. The molecule has 19 heteroatoms. The number of aromatic hydroxyl groups is 1. The first-order valence-corrected chi connectivity index (χ1v) is 18.6. The van der Waals surface area contributed by atoms with Gasteiger partial charge in [0, 0.05) is 17.2 Å². The fourth-order valence-electron chi connectivity index (χ4n) is 6.98. The number of fused-ring (bicyclic) bond motifs is 1. The first kappa shape index (κ1) is 43.6. The molecule has 1 aromatic heterocycles. The molecule has 0 aliphatic carbocycles. The Morgan fingerprint density at radius 2 is 1.36 bits per heavy atom. The summed E-state index contributed by atoms with van der Waals surface area (Å²) in [5.74, 6) is -1.16. The predicted octanol–water partition coefficient (Wildman–Crippen LogP) is -1.08. The summed E-state index contributed by atoms with van der Waals surface area (Å²) in [6, 6.07) is 7.29. The molecule has 10 N–H and O–H groups in total. The monoisotopic (exact) mass is 822 g/mol. The van der Waals surface area contributed by atoms with E-state index in [1.54, 1.807) is 30.3 Å². The van der Waals surface area contributed by atoms with Crippen LogP contribution in [0.3, 0.4) is 0 Å². The fraction of sp³-hybridized carbons (Fsp3) is 0.564. The highest BCUT2D eigenvalue weighted by Gasteiger charge is 2.50. The van der Waals surface area contributed by atoms with Gasteiger partial charge in [0.15, 0.2) is 12.1 Å². The van der Waals surface area contributed by atoms with Crippen molar-refractivity contribution >= 4 is 11.0 Å². The summed E-state index contributed by atoms with van der Waals surface area (Å²) in [5, 5.41) is 105. The molecule has 0 bridgehead atoms. The van der Waals surface area contributed by atoms with Crippen molar-refractivity contribution in [3.63, 3.8) is 0 Å². The average Bonchev–Trinajstić information content (AvgIpc) is 3.19. The Balaban J connectivity index is 1.42. The van der Waals surface area contributed by atoms with Gasteiger partial charge in [-0.1, -0.05) is 11.6 Å². The van der Waals surface area contributed by atoms with E-state index in [0.717, 1.165) is 11.6 Å². The van der Waals surface area contributed by atoms with Crippen molar-refractivity contribution in [2.75, 3.05) is 13.7 Å². The van der Waals surface area contributed by atoms with E-state index in [2.05, 4.69) is 0 Å². The molecule has 6 rings (SSSR count). The van der Waals surface area contributed by atoms with Gasteiger partial charge in [-0.2, -0.15) is 0 Å². The highest BCUT2D eigenvalue weighted by Crippen LogP contribution is 2.42. The van der Waals surface area contributed by atoms with Crippen molar-refractivity contribution in [2.24, 2.45) is 0 Å². The van der Waals surface area contributed by atoms with E-state index in [9.17, 15) is 55.9 Å². The number of benzene rings is 2. The van der Waals surface area contributed by atoms with Crippen LogP contribution in [-0.4, -0.2) is 157 Å². The predicted molar refractivity (Wildman–Crippen MR) is 198 cm³/mol. The number of rotatable bonds is 11. The average molecular weight is 823 g/mol. The molecular formula is C39H50O19. The zero-order chi connectivity index (χ0) is 42.3. The van der Waals surface area contributed by atoms with Crippen LogP contribution >= 0.6 is 0 Å². The van der Waals surface area contributed by atoms with Gasteiger partial charge in [-0.25, -0.2) is 0 Å². The smallest absolute Gasteiger partial charge is 0.239 e. The summed E-state index contributed by atoms with van der Waals surface area (Å²) >= 11 is 0. The number of allylic oxidation sites excluding steroid dienone is 2. The highest BCUT2D eigenvalue weighted by molar-refractivity contribution is 5.91. The molecule has 3 aliphatic heterocycles. The van der Waals surface area contributed by atoms with Crippen LogP contribution in [0.2, 0.25) is 0 Å². The van der Waals surface area contributed by atoms with E-state index in [4.69, 9.17) is 37.6 Å². The SMILES string of the molecule is COc1ccc(-c2oc3c(CC=C(C)C)c(O[C@@H]4O[C@H](CO)[C@@H](O)[C@H](O)[C@H]4O)cc(O)c3c(=O)c2O[C@@H]2O[C@H](C)[C@@H](O[C@@H]3O[C@H](C)[C@@H](O)[C@H](O)[C@@H]3O)[C@H](O)[C@@H]2O)cc1. The summed E-state index contributed by atoms with van der Waals surface area (Å²) in [6.07, 6.45) is -21.6. The molecule has 4 heterocycles. The van der Waals surface area contributed by atoms with E-state index in [1.165, 1.54) is 21.0 Å². The number of hydrogen-bond donors (Lipinski definition) is 10. The Morgan fingerprint density at radius 1 is 0.759 bits per heavy atom. The van der Waals surface area contributed by atoms with Gasteiger partial charge in [0.05, 0.1) is 25.9 Å². The minimum Gasteiger partial charge on any atom is -0.507 e. The van der Waals surface area contributed by atoms with Gasteiger partial charge in [0.2, 0.25) is 23.8 Å². The van der Waals surface area contributed by atoms with Crippen LogP contribution in [-0.2, 0) is 25.4 Å². The molecule has 0 unspecified atom stereocenters. The minimum atomic E-state index is -1.91. The zero-order valence-electron chi connectivity index (χ0n) is 32.2. The topological polar surface area (TPSA) is 297 Å². The van der Waals surface area contributed by atoms with Crippen LogP contribution in [0.5, 0.6) is 23.0 Å². The van der Waals surface area contributed by atoms with E-state index in [0.29, 0.717) is 5.75 Å². The lowest BCUT2D eigenvalue weighted by atomic mass is 9.97. The normalized spacial score (nSPS) is 35.4. The molecule has 0 spiro atoms. The Bertz CT molecular complexity index is 1980. The van der Waals surface area contributed by atoms with Gasteiger partial charge in [-0.3, -0.25) is 4.79 Å². The maximum Gasteiger partial charge on any atom is 0.239 e. The zero-order valence-corrected chi connectivity index (χ0v) is 32.2. The maximum atomic E-state index is 14.6. The van der Waals surface area contributed by atoms with Crippen molar-refractivity contribution in [3.8, 4) is 34.3 Å². The number of aliphatic hydroxyl groups excluding tert-OH is 9. The van der Waals surface area contributed by atoms with Crippen LogP contribution in [0.25, 0.3) is 22.3 Å². The first-order chi connectivity index (χ1) is 27.5. The standard InChI is InChI=1S/C39H50O19/c1-14(2)6-11-19-21(54-39-31(49)28(46)25(43)22(13-40)55-39)12-20(41)23-26(44)36(34(56-35(19)23)17-7-9-18(51-5)10-8-17)58-38-32(50)29(47)33(16(4)53-38)57-37-30(48)27(45)24(42)15(3)52-37/h6-10,12,15-16,22,24-25,27-33,37-43,45-50H,11,13H2,1-5H3/t15-,16-,22-,24-,25-,27+,28+,29-,30+,31-,32+,33-,37+,38+,39-/m1/s1. The van der Waals surface area contributed by atoms with Crippen molar-refractivity contribution in [2.45, 2.75) is 126 Å². The molecule has 0 radical (unpaired) electrons. The van der Waals surface area contributed by atoms with E-state index < -0.39 is 121 Å². The van der Waals surface area contributed by atoms with E-state index in [-0.39, 0.29) is 34.6 Å². The number of phenols is 1. The molecular weight excluding hydrogens is 772 g/mol. The largest absolute Gasteiger partial charge is 0.507 e. The van der Waals surface area contributed by atoms with Gasteiger partial charge in [-0.05, 0) is 58.4 Å². The van der Waals surface area contributed by atoms with Crippen molar-refractivity contribution < 1.29 is 88.6 Å². The molecule has 3 saturated heterocycles. The summed E-state index contributed by atoms with van der Waals surface area (Å²) in [7, 11) is 1.45. The lowest BCUT2D eigenvalue weighted by Crippen LogP contribution is -2.63. The van der Waals surface area contributed by atoms with Crippen LogP contribution in [0.15, 0.2) is 51.2 Å². The van der Waals surface area contributed by atoms with Crippen molar-refractivity contribution in [3.05, 3.63) is 57.8 Å². The molecule has 3 aliphatic rings. The van der Waals surface area contributed by atoms with Crippen LogP contribution in [0.4, 0.5) is 0 Å². The molecule has 2 aromatic carbocycles. The van der Waals surface area contributed by atoms with Crippen molar-refractivity contribution in [1.29, 1.82) is 0 Å². The Hall–Kier alpha value is -3.93. The Morgan fingerprint density at radius 3 is 2.00 bits per heavy atom. The third kappa shape index (κ3) is 8.41. The molecule has 15 atom stereocenters. The fourth-order valence-corrected chi connectivity index (χ4v) is 6.98.